The lowest BCUT2D eigenvalue weighted by Crippen LogP contribution is -2.42. The van der Waals surface area contributed by atoms with Crippen LogP contribution in [0.25, 0.3) is 10.9 Å². The van der Waals surface area contributed by atoms with E-state index in [0.29, 0.717) is 19.7 Å². The van der Waals surface area contributed by atoms with Gasteiger partial charge in [0.05, 0.1) is 25.0 Å². The van der Waals surface area contributed by atoms with Gasteiger partial charge in [0.2, 0.25) is 0 Å². The van der Waals surface area contributed by atoms with Gasteiger partial charge in [-0.3, -0.25) is 4.79 Å². The van der Waals surface area contributed by atoms with E-state index in [-0.39, 0.29) is 12.0 Å². The molecule has 0 unspecified atom stereocenters. The zero-order valence-corrected chi connectivity index (χ0v) is 12.9. The van der Waals surface area contributed by atoms with Crippen LogP contribution in [0.5, 0.6) is 0 Å². The number of furan rings is 1. The molecule has 1 fully saturated rings. The van der Waals surface area contributed by atoms with Crippen LogP contribution in [0.3, 0.4) is 0 Å². The van der Waals surface area contributed by atoms with Gasteiger partial charge in [0, 0.05) is 23.1 Å². The minimum atomic E-state index is -0.201. The van der Waals surface area contributed by atoms with Crippen molar-refractivity contribution in [1.82, 2.24) is 9.88 Å². The Morgan fingerprint density at radius 3 is 2.96 bits per heavy atom. The highest BCUT2D eigenvalue weighted by molar-refractivity contribution is 6.08. The van der Waals surface area contributed by atoms with Gasteiger partial charge in [-0.05, 0) is 25.1 Å². The number of ether oxygens (including phenoxy) is 1. The third-order valence-electron chi connectivity index (χ3n) is 4.32. The van der Waals surface area contributed by atoms with Crippen LogP contribution in [-0.4, -0.2) is 35.5 Å². The normalized spacial score (nSPS) is 18.5. The van der Waals surface area contributed by atoms with Crippen molar-refractivity contribution in [1.29, 1.82) is 0 Å². The summed E-state index contributed by atoms with van der Waals surface area (Å²) in [6.07, 6.45) is 1.43. The third-order valence-corrected chi connectivity index (χ3v) is 4.32. The fourth-order valence-corrected chi connectivity index (χ4v) is 3.19. The number of amides is 1. The Kier molecular flexibility index (Phi) is 3.42. The molecular weight excluding hydrogens is 292 g/mol. The Balaban J connectivity index is 1.64. The second kappa shape index (κ2) is 5.59. The third kappa shape index (κ3) is 2.43. The maximum absolute atomic E-state index is 13.0. The molecule has 1 saturated heterocycles. The van der Waals surface area contributed by atoms with Crippen LogP contribution in [0.1, 0.15) is 27.9 Å². The Bertz CT molecular complexity index is 835. The fraction of sp³-hybridized carbons (Fsp3) is 0.278. The number of nitrogens with zero attached hydrogens (tertiary/aromatic N) is 1. The molecule has 1 aliphatic rings. The molecule has 1 amide bonds. The zero-order chi connectivity index (χ0) is 15.8. The standard InChI is InChI=1S/C18H18N2O3/c1-12-17(13-5-2-3-6-14(13)19-12)18(21)20-8-10-23-16(11-20)15-7-4-9-22-15/h2-7,9,16,19H,8,10-11H2,1H3/t16-/m1/s1. The minimum absolute atomic E-state index is 0.0415. The number of benzene rings is 1. The molecule has 5 nitrogen and oxygen atoms in total. The van der Waals surface area contributed by atoms with Crippen molar-refractivity contribution in [2.45, 2.75) is 13.0 Å². The number of carbonyl (C=O) groups excluding carboxylic acids is 1. The summed E-state index contributed by atoms with van der Waals surface area (Å²) in [5, 5.41) is 0.969. The van der Waals surface area contributed by atoms with Crippen LogP contribution < -0.4 is 0 Å². The number of carbonyl (C=O) groups is 1. The number of aryl methyl sites for hydroxylation is 1. The summed E-state index contributed by atoms with van der Waals surface area (Å²) in [6.45, 7) is 3.55. The zero-order valence-electron chi connectivity index (χ0n) is 12.9. The van der Waals surface area contributed by atoms with E-state index in [1.165, 1.54) is 0 Å². The van der Waals surface area contributed by atoms with Gasteiger partial charge in [-0.25, -0.2) is 0 Å². The van der Waals surface area contributed by atoms with E-state index in [1.807, 2.05) is 48.2 Å². The molecule has 5 heteroatoms. The van der Waals surface area contributed by atoms with Gasteiger partial charge in [0.15, 0.2) is 0 Å². The van der Waals surface area contributed by atoms with Gasteiger partial charge in [0.1, 0.15) is 11.9 Å². The first-order valence-corrected chi connectivity index (χ1v) is 7.75. The highest BCUT2D eigenvalue weighted by Gasteiger charge is 2.29. The molecule has 4 rings (SSSR count). The van der Waals surface area contributed by atoms with Crippen LogP contribution in [0.4, 0.5) is 0 Å². The number of hydrogen-bond acceptors (Lipinski definition) is 3. The Morgan fingerprint density at radius 1 is 1.26 bits per heavy atom. The summed E-state index contributed by atoms with van der Waals surface area (Å²) in [4.78, 5) is 18.2. The molecule has 0 radical (unpaired) electrons. The van der Waals surface area contributed by atoms with Crippen molar-refractivity contribution in [2.24, 2.45) is 0 Å². The predicted octanol–water partition coefficient (Wildman–Crippen LogP) is 3.28. The van der Waals surface area contributed by atoms with Crippen molar-refractivity contribution in [3.63, 3.8) is 0 Å². The molecule has 0 bridgehead atoms. The monoisotopic (exact) mass is 310 g/mol. The van der Waals surface area contributed by atoms with Crippen LogP contribution in [0.15, 0.2) is 47.1 Å². The van der Waals surface area contributed by atoms with Crippen LogP contribution in [-0.2, 0) is 4.74 Å². The van der Waals surface area contributed by atoms with E-state index >= 15 is 0 Å². The summed E-state index contributed by atoms with van der Waals surface area (Å²) in [7, 11) is 0. The first-order valence-electron chi connectivity index (χ1n) is 7.75. The average molecular weight is 310 g/mol. The molecule has 0 aliphatic carbocycles. The number of aromatic nitrogens is 1. The molecule has 118 valence electrons. The second-order valence-corrected chi connectivity index (χ2v) is 5.80. The van der Waals surface area contributed by atoms with Crippen molar-refractivity contribution in [3.05, 3.63) is 59.7 Å². The number of H-pyrrole nitrogens is 1. The number of nitrogens with one attached hydrogen (secondary N) is 1. The highest BCUT2D eigenvalue weighted by Crippen LogP contribution is 2.27. The van der Waals surface area contributed by atoms with Crippen LogP contribution in [0.2, 0.25) is 0 Å². The Morgan fingerprint density at radius 2 is 2.13 bits per heavy atom. The Labute approximate surface area is 133 Å². The van der Waals surface area contributed by atoms with E-state index in [0.717, 1.165) is 27.9 Å². The average Bonchev–Trinajstić information content (AvgIpc) is 3.21. The highest BCUT2D eigenvalue weighted by atomic mass is 16.5. The summed E-state index contributed by atoms with van der Waals surface area (Å²) < 4.78 is 11.2. The van der Waals surface area contributed by atoms with Crippen molar-refractivity contribution >= 4 is 16.8 Å². The number of hydrogen-bond donors (Lipinski definition) is 1. The van der Waals surface area contributed by atoms with Crippen LogP contribution in [0, 0.1) is 6.92 Å². The van der Waals surface area contributed by atoms with Gasteiger partial charge in [0.25, 0.3) is 5.91 Å². The van der Waals surface area contributed by atoms with E-state index < -0.39 is 0 Å². The quantitative estimate of drug-likeness (QED) is 0.790. The molecule has 1 N–H and O–H groups in total. The smallest absolute Gasteiger partial charge is 0.256 e. The molecule has 23 heavy (non-hydrogen) atoms. The van der Waals surface area contributed by atoms with Crippen LogP contribution >= 0.6 is 0 Å². The largest absolute Gasteiger partial charge is 0.467 e. The molecule has 1 aromatic carbocycles. The fourth-order valence-electron chi connectivity index (χ4n) is 3.19. The molecule has 3 aromatic rings. The predicted molar refractivity (Wildman–Crippen MR) is 86.3 cm³/mol. The SMILES string of the molecule is Cc1[nH]c2ccccc2c1C(=O)N1CCO[C@@H](c2ccco2)C1. The first-order chi connectivity index (χ1) is 11.2. The molecule has 0 spiro atoms. The maximum Gasteiger partial charge on any atom is 0.256 e. The molecule has 1 aliphatic heterocycles. The lowest BCUT2D eigenvalue weighted by molar-refractivity contribution is -0.0320. The summed E-state index contributed by atoms with van der Waals surface area (Å²) in [5.41, 5.74) is 2.64. The number of rotatable bonds is 2. The molecular formula is C18H18N2O3. The number of para-hydroxylation sites is 1. The van der Waals surface area contributed by atoms with Crippen molar-refractivity contribution in [2.75, 3.05) is 19.7 Å². The lowest BCUT2D eigenvalue weighted by atomic mass is 10.1. The van der Waals surface area contributed by atoms with E-state index in [4.69, 9.17) is 9.15 Å². The molecule has 1 atom stereocenters. The number of aromatic amines is 1. The topological polar surface area (TPSA) is 58.5 Å². The minimum Gasteiger partial charge on any atom is -0.467 e. The van der Waals surface area contributed by atoms with Gasteiger partial charge in [-0.2, -0.15) is 0 Å². The first kappa shape index (κ1) is 14.1. The van der Waals surface area contributed by atoms with Gasteiger partial charge >= 0.3 is 0 Å². The second-order valence-electron chi connectivity index (χ2n) is 5.80. The van der Waals surface area contributed by atoms with E-state index in [1.54, 1.807) is 6.26 Å². The van der Waals surface area contributed by atoms with Gasteiger partial charge in [-0.15, -0.1) is 0 Å². The molecule has 0 saturated carbocycles. The van der Waals surface area contributed by atoms with Gasteiger partial charge in [-0.1, -0.05) is 18.2 Å². The molecule has 2 aromatic heterocycles. The maximum atomic E-state index is 13.0. The number of fused-ring (bicyclic) bond motifs is 1. The lowest BCUT2D eigenvalue weighted by Gasteiger charge is -2.32. The van der Waals surface area contributed by atoms with Gasteiger partial charge < -0.3 is 19.0 Å². The molecule has 3 heterocycles. The number of morpholine rings is 1. The van der Waals surface area contributed by atoms with E-state index in [2.05, 4.69) is 4.98 Å². The summed E-state index contributed by atoms with van der Waals surface area (Å²) in [6, 6.07) is 11.6. The van der Waals surface area contributed by atoms with E-state index in [9.17, 15) is 4.79 Å². The van der Waals surface area contributed by atoms with Crippen molar-refractivity contribution < 1.29 is 13.9 Å². The van der Waals surface area contributed by atoms with Crippen molar-refractivity contribution in [3.8, 4) is 0 Å². The summed E-state index contributed by atoms with van der Waals surface area (Å²) >= 11 is 0. The summed E-state index contributed by atoms with van der Waals surface area (Å²) in [5.74, 6) is 0.804. The Hall–Kier alpha value is -2.53.